The molecule has 1 amide bonds. The van der Waals surface area contributed by atoms with Gasteiger partial charge in [-0.25, -0.2) is 0 Å². The average Bonchev–Trinajstić information content (AvgIpc) is 2.34. The summed E-state index contributed by atoms with van der Waals surface area (Å²) < 4.78 is 0. The van der Waals surface area contributed by atoms with Crippen LogP contribution >= 0.6 is 0 Å². The van der Waals surface area contributed by atoms with Crippen molar-refractivity contribution in [1.29, 1.82) is 0 Å². The standard InChI is InChI=1S/C15H15NO3/c1-9-7-11(3-5-14(9)16-10(2)17)13-8-12(18)4-6-15(13)19/h3-8,18-19H,1-2H3,(H,16,17). The summed E-state index contributed by atoms with van der Waals surface area (Å²) in [4.78, 5) is 11.0. The molecule has 19 heavy (non-hydrogen) atoms. The molecule has 2 aromatic carbocycles. The van der Waals surface area contributed by atoms with Crippen LogP contribution in [0.15, 0.2) is 36.4 Å². The topological polar surface area (TPSA) is 69.6 Å². The summed E-state index contributed by atoms with van der Waals surface area (Å²) in [5.41, 5.74) is 2.95. The molecule has 0 aliphatic rings. The molecule has 0 unspecified atom stereocenters. The smallest absolute Gasteiger partial charge is 0.221 e. The monoisotopic (exact) mass is 257 g/mol. The molecule has 0 aliphatic heterocycles. The van der Waals surface area contributed by atoms with Crippen LogP contribution < -0.4 is 5.32 Å². The fraction of sp³-hybridized carbons (Fsp3) is 0.133. The zero-order valence-electron chi connectivity index (χ0n) is 10.8. The number of amides is 1. The second kappa shape index (κ2) is 5.02. The first kappa shape index (κ1) is 13.0. The van der Waals surface area contributed by atoms with E-state index < -0.39 is 0 Å². The van der Waals surface area contributed by atoms with Crippen molar-refractivity contribution in [2.24, 2.45) is 0 Å². The lowest BCUT2D eigenvalue weighted by Gasteiger charge is -2.10. The third-order valence-electron chi connectivity index (χ3n) is 2.83. The largest absolute Gasteiger partial charge is 0.508 e. The Morgan fingerprint density at radius 2 is 1.84 bits per heavy atom. The van der Waals surface area contributed by atoms with Crippen molar-refractivity contribution in [3.63, 3.8) is 0 Å². The summed E-state index contributed by atoms with van der Waals surface area (Å²) in [7, 11) is 0. The molecule has 0 aromatic heterocycles. The van der Waals surface area contributed by atoms with Gasteiger partial charge in [-0.15, -0.1) is 0 Å². The first-order valence-corrected chi connectivity index (χ1v) is 5.88. The van der Waals surface area contributed by atoms with Crippen molar-refractivity contribution in [3.05, 3.63) is 42.0 Å². The number of carbonyl (C=O) groups is 1. The lowest BCUT2D eigenvalue weighted by atomic mass is 10.0. The van der Waals surface area contributed by atoms with E-state index in [1.165, 1.54) is 25.1 Å². The van der Waals surface area contributed by atoms with Gasteiger partial charge in [0.05, 0.1) is 0 Å². The number of phenolic OH excluding ortho intramolecular Hbond substituents is 2. The summed E-state index contributed by atoms with van der Waals surface area (Å²) in [5, 5.41) is 22.0. The highest BCUT2D eigenvalue weighted by molar-refractivity contribution is 5.90. The van der Waals surface area contributed by atoms with Gasteiger partial charge in [0.25, 0.3) is 0 Å². The molecule has 0 saturated carbocycles. The van der Waals surface area contributed by atoms with E-state index in [2.05, 4.69) is 5.32 Å². The quantitative estimate of drug-likeness (QED) is 0.724. The number of aromatic hydroxyl groups is 2. The van der Waals surface area contributed by atoms with Crippen LogP contribution in [-0.2, 0) is 4.79 Å². The van der Waals surface area contributed by atoms with Crippen LogP contribution in [0, 0.1) is 6.92 Å². The predicted octanol–water partition coefficient (Wildman–Crippen LogP) is 3.03. The van der Waals surface area contributed by atoms with Crippen molar-refractivity contribution in [3.8, 4) is 22.6 Å². The van der Waals surface area contributed by atoms with Crippen molar-refractivity contribution in [2.45, 2.75) is 13.8 Å². The molecule has 0 saturated heterocycles. The third kappa shape index (κ3) is 2.85. The SMILES string of the molecule is CC(=O)Nc1ccc(-c2cc(O)ccc2O)cc1C. The van der Waals surface area contributed by atoms with Crippen molar-refractivity contribution < 1.29 is 15.0 Å². The Bertz CT molecular complexity index is 635. The van der Waals surface area contributed by atoms with Gasteiger partial charge in [-0.3, -0.25) is 4.79 Å². The zero-order valence-corrected chi connectivity index (χ0v) is 10.8. The lowest BCUT2D eigenvalue weighted by Crippen LogP contribution is -2.06. The number of phenols is 2. The van der Waals surface area contributed by atoms with Gasteiger partial charge in [0.1, 0.15) is 11.5 Å². The molecule has 4 nitrogen and oxygen atoms in total. The third-order valence-corrected chi connectivity index (χ3v) is 2.83. The Kier molecular flexibility index (Phi) is 3.42. The van der Waals surface area contributed by atoms with Gasteiger partial charge in [-0.05, 0) is 48.4 Å². The second-order valence-electron chi connectivity index (χ2n) is 4.41. The highest BCUT2D eigenvalue weighted by Crippen LogP contribution is 2.33. The average molecular weight is 257 g/mol. The van der Waals surface area contributed by atoms with Gasteiger partial charge in [0.2, 0.25) is 5.91 Å². The lowest BCUT2D eigenvalue weighted by molar-refractivity contribution is -0.114. The van der Waals surface area contributed by atoms with Crippen molar-refractivity contribution in [1.82, 2.24) is 0 Å². The molecule has 0 fully saturated rings. The molecule has 4 heteroatoms. The molecule has 2 rings (SSSR count). The fourth-order valence-electron chi connectivity index (χ4n) is 1.92. The fourth-order valence-corrected chi connectivity index (χ4v) is 1.92. The number of anilines is 1. The van der Waals surface area contributed by atoms with E-state index in [4.69, 9.17) is 0 Å². The van der Waals surface area contributed by atoms with Gasteiger partial charge in [-0.2, -0.15) is 0 Å². The number of aryl methyl sites for hydroxylation is 1. The van der Waals surface area contributed by atoms with E-state index in [1.54, 1.807) is 12.1 Å². The maximum Gasteiger partial charge on any atom is 0.221 e. The summed E-state index contributed by atoms with van der Waals surface area (Å²) in [5.74, 6) is 0.0666. The Labute approximate surface area is 111 Å². The van der Waals surface area contributed by atoms with Gasteiger partial charge in [0.15, 0.2) is 0 Å². The normalized spacial score (nSPS) is 10.2. The molecular formula is C15H15NO3. The van der Waals surface area contributed by atoms with E-state index in [0.717, 1.165) is 16.8 Å². The molecule has 0 radical (unpaired) electrons. The van der Waals surface area contributed by atoms with Crippen molar-refractivity contribution in [2.75, 3.05) is 5.32 Å². The Morgan fingerprint density at radius 3 is 2.47 bits per heavy atom. The molecule has 0 heterocycles. The summed E-state index contributed by atoms with van der Waals surface area (Å²) >= 11 is 0. The zero-order chi connectivity index (χ0) is 14.0. The Balaban J connectivity index is 2.44. The predicted molar refractivity (Wildman–Crippen MR) is 74.2 cm³/mol. The maximum atomic E-state index is 11.0. The minimum Gasteiger partial charge on any atom is -0.508 e. The highest BCUT2D eigenvalue weighted by Gasteiger charge is 2.08. The van der Waals surface area contributed by atoms with E-state index in [-0.39, 0.29) is 17.4 Å². The maximum absolute atomic E-state index is 11.0. The minimum atomic E-state index is -0.129. The number of carbonyl (C=O) groups excluding carboxylic acids is 1. The molecule has 0 atom stereocenters. The van der Waals surface area contributed by atoms with Crippen LogP contribution in [-0.4, -0.2) is 16.1 Å². The van der Waals surface area contributed by atoms with Gasteiger partial charge < -0.3 is 15.5 Å². The number of hydrogen-bond acceptors (Lipinski definition) is 3. The van der Waals surface area contributed by atoms with Crippen LogP contribution in [0.25, 0.3) is 11.1 Å². The highest BCUT2D eigenvalue weighted by atomic mass is 16.3. The van der Waals surface area contributed by atoms with Crippen LogP contribution in [0.1, 0.15) is 12.5 Å². The number of rotatable bonds is 2. The minimum absolute atomic E-state index is 0.0939. The van der Waals surface area contributed by atoms with Gasteiger partial charge >= 0.3 is 0 Å². The van der Waals surface area contributed by atoms with E-state index >= 15 is 0 Å². The molecule has 2 aromatic rings. The molecule has 0 spiro atoms. The summed E-state index contributed by atoms with van der Waals surface area (Å²) in [6, 6.07) is 9.78. The number of hydrogen-bond donors (Lipinski definition) is 3. The number of nitrogens with one attached hydrogen (secondary N) is 1. The summed E-state index contributed by atoms with van der Waals surface area (Å²) in [6.45, 7) is 3.32. The molecular weight excluding hydrogens is 242 g/mol. The van der Waals surface area contributed by atoms with Crippen molar-refractivity contribution >= 4 is 11.6 Å². The Morgan fingerprint density at radius 1 is 1.11 bits per heavy atom. The first-order chi connectivity index (χ1) is 8.97. The summed E-state index contributed by atoms with van der Waals surface area (Å²) in [6.07, 6.45) is 0. The Hall–Kier alpha value is -2.49. The van der Waals surface area contributed by atoms with Gasteiger partial charge in [-0.1, -0.05) is 6.07 Å². The van der Waals surface area contributed by atoms with Gasteiger partial charge in [0, 0.05) is 18.2 Å². The molecule has 0 aliphatic carbocycles. The molecule has 3 N–H and O–H groups in total. The number of benzene rings is 2. The van der Waals surface area contributed by atoms with Crippen LogP contribution in [0.2, 0.25) is 0 Å². The first-order valence-electron chi connectivity index (χ1n) is 5.88. The molecule has 0 bridgehead atoms. The van der Waals surface area contributed by atoms with E-state index in [9.17, 15) is 15.0 Å². The second-order valence-corrected chi connectivity index (χ2v) is 4.41. The van der Waals surface area contributed by atoms with E-state index in [0.29, 0.717) is 5.56 Å². The van der Waals surface area contributed by atoms with Crippen LogP contribution in [0.5, 0.6) is 11.5 Å². The van der Waals surface area contributed by atoms with Crippen LogP contribution in [0.3, 0.4) is 0 Å². The molecule has 98 valence electrons. The van der Waals surface area contributed by atoms with E-state index in [1.807, 2.05) is 13.0 Å². The van der Waals surface area contributed by atoms with Crippen LogP contribution in [0.4, 0.5) is 5.69 Å².